The summed E-state index contributed by atoms with van der Waals surface area (Å²) in [5, 5.41) is 3.27. The van der Waals surface area contributed by atoms with Gasteiger partial charge in [-0.1, -0.05) is 0 Å². The van der Waals surface area contributed by atoms with E-state index in [-0.39, 0.29) is 18.1 Å². The van der Waals surface area contributed by atoms with Gasteiger partial charge in [0.1, 0.15) is 6.04 Å². The molecule has 0 saturated carbocycles. The Morgan fingerprint density at radius 3 is 2.67 bits per heavy atom. The number of hydrogen-bond acceptors (Lipinski definition) is 4. The molecule has 0 aliphatic carbocycles. The molecule has 5 nitrogen and oxygen atoms in total. The maximum absolute atomic E-state index is 12.5. The molecular formula is C13H25N3O2. The zero-order valence-corrected chi connectivity index (χ0v) is 11.7. The Labute approximate surface area is 109 Å². The largest absolute Gasteiger partial charge is 0.375 e. The molecule has 0 unspecified atom stereocenters. The number of hydrogen-bond donors (Lipinski definition) is 1. The predicted octanol–water partition coefficient (Wildman–Crippen LogP) is -0.0841. The third-order valence-electron chi connectivity index (χ3n) is 4.17. The number of carbonyl (C=O) groups excluding carboxylic acids is 1. The number of likely N-dealkylation sites (N-methyl/N-ethyl adjacent to an activating group) is 1. The van der Waals surface area contributed by atoms with E-state index in [1.165, 1.54) is 0 Å². The van der Waals surface area contributed by atoms with Crippen molar-refractivity contribution in [3.63, 3.8) is 0 Å². The van der Waals surface area contributed by atoms with Gasteiger partial charge in [0.05, 0.1) is 12.7 Å². The lowest BCUT2D eigenvalue weighted by Crippen LogP contribution is -2.58. The molecule has 2 aliphatic heterocycles. The fraction of sp³-hybridized carbons (Fsp3) is 0.923. The van der Waals surface area contributed by atoms with Crippen LogP contribution in [0.25, 0.3) is 0 Å². The molecule has 5 heteroatoms. The highest BCUT2D eigenvalue weighted by Crippen LogP contribution is 2.16. The number of likely N-dealkylation sites (tertiary alicyclic amines) is 1. The van der Waals surface area contributed by atoms with E-state index >= 15 is 0 Å². The maximum Gasteiger partial charge on any atom is 0.242 e. The monoisotopic (exact) mass is 255 g/mol. The number of rotatable bonds is 2. The fourth-order valence-electron chi connectivity index (χ4n) is 2.79. The Kier molecular flexibility index (Phi) is 4.59. The van der Waals surface area contributed by atoms with Gasteiger partial charge >= 0.3 is 0 Å². The first-order valence-electron chi connectivity index (χ1n) is 6.90. The number of nitrogens with zero attached hydrogens (tertiary/aromatic N) is 2. The minimum atomic E-state index is -0.177. The van der Waals surface area contributed by atoms with Crippen molar-refractivity contribution in [1.29, 1.82) is 0 Å². The first-order chi connectivity index (χ1) is 8.59. The smallest absolute Gasteiger partial charge is 0.242 e. The first kappa shape index (κ1) is 13.8. The number of amides is 1. The fourth-order valence-corrected chi connectivity index (χ4v) is 2.79. The highest BCUT2D eigenvalue weighted by Gasteiger charge is 2.33. The summed E-state index contributed by atoms with van der Waals surface area (Å²) in [6, 6.07) is 0.202. The van der Waals surface area contributed by atoms with Crippen LogP contribution in [0.2, 0.25) is 0 Å². The Morgan fingerprint density at radius 1 is 1.39 bits per heavy atom. The summed E-state index contributed by atoms with van der Waals surface area (Å²) in [7, 11) is 4.07. The molecule has 2 atom stereocenters. The molecule has 0 radical (unpaired) electrons. The van der Waals surface area contributed by atoms with Crippen LogP contribution < -0.4 is 5.32 Å². The second-order valence-electron chi connectivity index (χ2n) is 5.49. The van der Waals surface area contributed by atoms with E-state index in [1.807, 2.05) is 18.9 Å². The molecule has 1 N–H and O–H groups in total. The van der Waals surface area contributed by atoms with Gasteiger partial charge in [0.15, 0.2) is 0 Å². The zero-order valence-electron chi connectivity index (χ0n) is 11.7. The summed E-state index contributed by atoms with van der Waals surface area (Å²) >= 11 is 0. The first-order valence-corrected chi connectivity index (χ1v) is 6.90. The van der Waals surface area contributed by atoms with E-state index in [4.69, 9.17) is 4.74 Å². The SMILES string of the molecule is C[C@H]1OCCN[C@@H]1C(=O)N(C)C1CCN(C)CC1. The number of morpholine rings is 1. The number of carbonyl (C=O) groups is 1. The molecule has 104 valence electrons. The van der Waals surface area contributed by atoms with E-state index in [9.17, 15) is 4.79 Å². The molecule has 2 fully saturated rings. The highest BCUT2D eigenvalue weighted by atomic mass is 16.5. The third kappa shape index (κ3) is 3.02. The van der Waals surface area contributed by atoms with E-state index in [0.29, 0.717) is 12.6 Å². The average Bonchev–Trinajstić information content (AvgIpc) is 2.38. The lowest BCUT2D eigenvalue weighted by atomic mass is 10.0. The van der Waals surface area contributed by atoms with Crippen molar-refractivity contribution in [2.24, 2.45) is 0 Å². The Bertz CT molecular complexity index is 290. The molecule has 0 aromatic heterocycles. The predicted molar refractivity (Wildman–Crippen MR) is 70.5 cm³/mol. The molecule has 2 rings (SSSR count). The van der Waals surface area contributed by atoms with Gasteiger partial charge in [-0.15, -0.1) is 0 Å². The summed E-state index contributed by atoms with van der Waals surface area (Å²) in [5.41, 5.74) is 0. The normalized spacial score (nSPS) is 31.3. The van der Waals surface area contributed by atoms with Gasteiger partial charge in [0, 0.05) is 19.6 Å². The second kappa shape index (κ2) is 5.99. The number of ether oxygens (including phenoxy) is 1. The van der Waals surface area contributed by atoms with Crippen LogP contribution in [0, 0.1) is 0 Å². The summed E-state index contributed by atoms with van der Waals surface area (Å²) in [6.07, 6.45) is 2.11. The van der Waals surface area contributed by atoms with Crippen LogP contribution in [0.3, 0.4) is 0 Å². The number of nitrogens with one attached hydrogen (secondary N) is 1. The molecular weight excluding hydrogens is 230 g/mol. The minimum absolute atomic E-state index is 0.0278. The van der Waals surface area contributed by atoms with Crippen molar-refractivity contribution in [3.05, 3.63) is 0 Å². The van der Waals surface area contributed by atoms with E-state index in [1.54, 1.807) is 0 Å². The topological polar surface area (TPSA) is 44.8 Å². The standard InChI is InChI=1S/C13H25N3O2/c1-10-12(14-6-9-18-10)13(17)16(3)11-4-7-15(2)8-5-11/h10-12,14H,4-9H2,1-3H3/t10-,12+/m1/s1. The van der Waals surface area contributed by atoms with Crippen molar-refractivity contribution in [3.8, 4) is 0 Å². The van der Waals surface area contributed by atoms with Crippen LogP contribution in [0.5, 0.6) is 0 Å². The van der Waals surface area contributed by atoms with Gasteiger partial charge in [-0.05, 0) is 39.9 Å². The van der Waals surface area contributed by atoms with Crippen molar-refractivity contribution in [1.82, 2.24) is 15.1 Å². The maximum atomic E-state index is 12.5. The summed E-state index contributed by atoms with van der Waals surface area (Å²) in [4.78, 5) is 16.7. The van der Waals surface area contributed by atoms with Crippen molar-refractivity contribution < 1.29 is 9.53 Å². The minimum Gasteiger partial charge on any atom is -0.375 e. The second-order valence-corrected chi connectivity index (χ2v) is 5.49. The van der Waals surface area contributed by atoms with Crippen LogP contribution in [-0.2, 0) is 9.53 Å². The molecule has 0 aromatic rings. The summed E-state index contributed by atoms with van der Waals surface area (Å²) in [5.74, 6) is 0.178. The average molecular weight is 255 g/mol. The van der Waals surface area contributed by atoms with Crippen molar-refractivity contribution in [2.45, 2.75) is 38.0 Å². The number of piperidine rings is 1. The third-order valence-corrected chi connectivity index (χ3v) is 4.17. The lowest BCUT2D eigenvalue weighted by molar-refractivity contribution is -0.141. The van der Waals surface area contributed by atoms with Gasteiger partial charge < -0.3 is 19.9 Å². The summed E-state index contributed by atoms with van der Waals surface area (Å²) in [6.45, 7) is 5.58. The molecule has 2 aliphatic rings. The van der Waals surface area contributed by atoms with E-state index < -0.39 is 0 Å². The van der Waals surface area contributed by atoms with Crippen LogP contribution in [-0.4, -0.2) is 74.2 Å². The van der Waals surface area contributed by atoms with Crippen LogP contribution >= 0.6 is 0 Å². The lowest BCUT2D eigenvalue weighted by Gasteiger charge is -2.38. The molecule has 0 bridgehead atoms. The quantitative estimate of drug-likeness (QED) is 0.749. The molecule has 2 saturated heterocycles. The Balaban J connectivity index is 1.91. The Hall–Kier alpha value is -0.650. The van der Waals surface area contributed by atoms with Crippen LogP contribution in [0.4, 0.5) is 0 Å². The molecule has 1 amide bonds. The molecule has 18 heavy (non-hydrogen) atoms. The van der Waals surface area contributed by atoms with Crippen LogP contribution in [0.1, 0.15) is 19.8 Å². The van der Waals surface area contributed by atoms with E-state index in [0.717, 1.165) is 32.5 Å². The summed E-state index contributed by atoms with van der Waals surface area (Å²) < 4.78 is 5.55. The molecule has 2 heterocycles. The van der Waals surface area contributed by atoms with Crippen molar-refractivity contribution in [2.75, 3.05) is 40.3 Å². The van der Waals surface area contributed by atoms with Crippen molar-refractivity contribution >= 4 is 5.91 Å². The van der Waals surface area contributed by atoms with Gasteiger partial charge in [-0.25, -0.2) is 0 Å². The van der Waals surface area contributed by atoms with Gasteiger partial charge in [-0.2, -0.15) is 0 Å². The van der Waals surface area contributed by atoms with Gasteiger partial charge in [-0.3, -0.25) is 4.79 Å². The molecule has 0 spiro atoms. The zero-order chi connectivity index (χ0) is 13.1. The highest BCUT2D eigenvalue weighted by molar-refractivity contribution is 5.82. The Morgan fingerprint density at radius 2 is 2.06 bits per heavy atom. The molecule has 0 aromatic carbocycles. The van der Waals surface area contributed by atoms with Crippen LogP contribution in [0.15, 0.2) is 0 Å². The van der Waals surface area contributed by atoms with Gasteiger partial charge in [0.2, 0.25) is 5.91 Å². The van der Waals surface area contributed by atoms with E-state index in [2.05, 4.69) is 17.3 Å². The van der Waals surface area contributed by atoms with Gasteiger partial charge in [0.25, 0.3) is 0 Å².